The van der Waals surface area contributed by atoms with Gasteiger partial charge in [-0.05, 0) is 31.5 Å². The molecule has 19 heavy (non-hydrogen) atoms. The molecule has 3 rings (SSSR count). The van der Waals surface area contributed by atoms with Crippen LogP contribution in [-0.2, 0) is 0 Å². The molecule has 0 spiro atoms. The number of piperazine rings is 1. The van der Waals surface area contributed by atoms with E-state index in [9.17, 15) is 4.39 Å². The van der Waals surface area contributed by atoms with Gasteiger partial charge in [-0.3, -0.25) is 4.90 Å². The van der Waals surface area contributed by atoms with E-state index in [1.165, 1.54) is 31.9 Å². The monoisotopic (exact) mass is 259 g/mol. The number of hydrogen-bond donors (Lipinski definition) is 0. The van der Waals surface area contributed by atoms with E-state index in [1.807, 2.05) is 12.1 Å². The molecule has 1 aromatic rings. The molecule has 1 aromatic carbocycles. The summed E-state index contributed by atoms with van der Waals surface area (Å²) >= 11 is 0. The number of benzene rings is 1. The second-order valence-corrected chi connectivity index (χ2v) is 5.38. The zero-order valence-electron chi connectivity index (χ0n) is 11.0. The molecule has 2 aliphatic rings. The summed E-state index contributed by atoms with van der Waals surface area (Å²) in [5, 5.41) is 9.14. The van der Waals surface area contributed by atoms with Crippen molar-refractivity contribution in [3.05, 3.63) is 29.6 Å². The fraction of sp³-hybridized carbons (Fsp3) is 0.533. The molecule has 0 N–H and O–H groups in total. The molecule has 0 amide bonds. The van der Waals surface area contributed by atoms with Gasteiger partial charge in [0.05, 0.1) is 5.69 Å². The molecule has 2 saturated heterocycles. The van der Waals surface area contributed by atoms with Gasteiger partial charge in [0.25, 0.3) is 0 Å². The Morgan fingerprint density at radius 3 is 2.95 bits per heavy atom. The summed E-state index contributed by atoms with van der Waals surface area (Å²) in [4.78, 5) is 4.71. The molecule has 4 heteroatoms. The van der Waals surface area contributed by atoms with Crippen LogP contribution in [0, 0.1) is 17.1 Å². The third-order valence-electron chi connectivity index (χ3n) is 4.28. The Kier molecular flexibility index (Phi) is 3.39. The second kappa shape index (κ2) is 5.18. The van der Waals surface area contributed by atoms with Gasteiger partial charge in [-0.1, -0.05) is 12.5 Å². The zero-order valence-corrected chi connectivity index (χ0v) is 11.0. The topological polar surface area (TPSA) is 30.3 Å². The van der Waals surface area contributed by atoms with Crippen molar-refractivity contribution < 1.29 is 4.39 Å². The fourth-order valence-electron chi connectivity index (χ4n) is 3.26. The lowest BCUT2D eigenvalue weighted by Crippen LogP contribution is -2.55. The molecular formula is C15H18FN3. The number of rotatable bonds is 1. The highest BCUT2D eigenvalue weighted by molar-refractivity contribution is 5.60. The van der Waals surface area contributed by atoms with E-state index in [1.54, 1.807) is 6.07 Å². The third kappa shape index (κ3) is 2.31. The zero-order chi connectivity index (χ0) is 13.2. The first-order valence-electron chi connectivity index (χ1n) is 6.97. The Morgan fingerprint density at radius 2 is 2.11 bits per heavy atom. The van der Waals surface area contributed by atoms with Crippen molar-refractivity contribution in [3.8, 4) is 6.07 Å². The summed E-state index contributed by atoms with van der Waals surface area (Å²) in [5.41, 5.74) is 0.944. The molecule has 2 aliphatic heterocycles. The van der Waals surface area contributed by atoms with Crippen molar-refractivity contribution in [1.29, 1.82) is 5.26 Å². The van der Waals surface area contributed by atoms with E-state index in [0.29, 0.717) is 6.04 Å². The van der Waals surface area contributed by atoms with Gasteiger partial charge in [-0.25, -0.2) is 4.39 Å². The first-order chi connectivity index (χ1) is 9.29. The largest absolute Gasteiger partial charge is 0.368 e. The predicted octanol–water partition coefficient (Wildman–Crippen LogP) is 2.37. The second-order valence-electron chi connectivity index (χ2n) is 5.38. The van der Waals surface area contributed by atoms with E-state index < -0.39 is 5.82 Å². The summed E-state index contributed by atoms with van der Waals surface area (Å²) in [6.45, 7) is 4.01. The number of halogens is 1. The maximum absolute atomic E-state index is 13.7. The number of anilines is 1. The van der Waals surface area contributed by atoms with Crippen LogP contribution < -0.4 is 4.90 Å². The fourth-order valence-corrected chi connectivity index (χ4v) is 3.26. The molecule has 3 nitrogen and oxygen atoms in total. The van der Waals surface area contributed by atoms with Gasteiger partial charge in [-0.2, -0.15) is 5.26 Å². The van der Waals surface area contributed by atoms with Crippen LogP contribution in [0.4, 0.5) is 10.1 Å². The standard InChI is InChI=1S/C15H18FN3/c16-14-5-3-6-15(13(14)10-17)19-9-8-18-7-2-1-4-12(18)11-19/h3,5-6,12H,1-2,4,7-9,11H2. The molecule has 2 fully saturated rings. The van der Waals surface area contributed by atoms with Gasteiger partial charge in [-0.15, -0.1) is 0 Å². The molecule has 1 unspecified atom stereocenters. The number of fused-ring (bicyclic) bond motifs is 1. The first kappa shape index (κ1) is 12.4. The highest BCUT2D eigenvalue weighted by atomic mass is 19.1. The van der Waals surface area contributed by atoms with Gasteiger partial charge in [0.2, 0.25) is 0 Å². The average molecular weight is 259 g/mol. The SMILES string of the molecule is N#Cc1c(F)cccc1N1CCN2CCCCC2C1. The van der Waals surface area contributed by atoms with Crippen molar-refractivity contribution in [2.45, 2.75) is 25.3 Å². The normalized spacial score (nSPS) is 23.8. The van der Waals surface area contributed by atoms with Crippen LogP contribution in [0.2, 0.25) is 0 Å². The smallest absolute Gasteiger partial charge is 0.143 e. The summed E-state index contributed by atoms with van der Waals surface area (Å²) in [5.74, 6) is -0.411. The molecule has 0 bridgehead atoms. The molecule has 0 aromatic heterocycles. The van der Waals surface area contributed by atoms with E-state index >= 15 is 0 Å². The van der Waals surface area contributed by atoms with Crippen LogP contribution in [0.5, 0.6) is 0 Å². The molecular weight excluding hydrogens is 241 g/mol. The van der Waals surface area contributed by atoms with Gasteiger partial charge in [0, 0.05) is 25.7 Å². The van der Waals surface area contributed by atoms with Crippen molar-refractivity contribution in [3.63, 3.8) is 0 Å². The summed E-state index contributed by atoms with van der Waals surface area (Å²) in [6.07, 6.45) is 3.79. The Hall–Kier alpha value is -1.60. The first-order valence-corrected chi connectivity index (χ1v) is 6.97. The Morgan fingerprint density at radius 1 is 1.21 bits per heavy atom. The molecule has 1 atom stereocenters. The lowest BCUT2D eigenvalue weighted by atomic mass is 9.98. The Bertz CT molecular complexity index is 509. The maximum atomic E-state index is 13.7. The highest BCUT2D eigenvalue weighted by Gasteiger charge is 2.30. The summed E-state index contributed by atoms with van der Waals surface area (Å²) in [6, 6.07) is 7.48. The van der Waals surface area contributed by atoms with Crippen LogP contribution in [0.1, 0.15) is 24.8 Å². The van der Waals surface area contributed by atoms with E-state index in [2.05, 4.69) is 9.80 Å². The quantitative estimate of drug-likeness (QED) is 0.775. The van der Waals surface area contributed by atoms with Crippen molar-refractivity contribution in [2.75, 3.05) is 31.1 Å². The van der Waals surface area contributed by atoms with Crippen LogP contribution in [0.3, 0.4) is 0 Å². The van der Waals surface area contributed by atoms with Gasteiger partial charge in [0.15, 0.2) is 0 Å². The predicted molar refractivity (Wildman–Crippen MR) is 72.5 cm³/mol. The third-order valence-corrected chi connectivity index (χ3v) is 4.28. The molecule has 0 radical (unpaired) electrons. The number of hydrogen-bond acceptors (Lipinski definition) is 3. The average Bonchev–Trinajstić information content (AvgIpc) is 2.46. The number of piperidine rings is 1. The summed E-state index contributed by atoms with van der Waals surface area (Å²) in [7, 11) is 0. The minimum absolute atomic E-state index is 0.187. The van der Waals surface area contributed by atoms with Crippen LogP contribution in [0.25, 0.3) is 0 Å². The molecule has 2 heterocycles. The Balaban J connectivity index is 1.84. The van der Waals surface area contributed by atoms with Crippen molar-refractivity contribution in [1.82, 2.24) is 4.90 Å². The molecule has 100 valence electrons. The van der Waals surface area contributed by atoms with Gasteiger partial charge < -0.3 is 4.90 Å². The maximum Gasteiger partial charge on any atom is 0.143 e. The summed E-state index contributed by atoms with van der Waals surface area (Å²) < 4.78 is 13.7. The van der Waals surface area contributed by atoms with Gasteiger partial charge >= 0.3 is 0 Å². The van der Waals surface area contributed by atoms with Crippen molar-refractivity contribution >= 4 is 5.69 Å². The lowest BCUT2D eigenvalue weighted by Gasteiger charge is -2.45. The number of nitrogens with zero attached hydrogens (tertiary/aromatic N) is 3. The minimum atomic E-state index is -0.411. The van der Waals surface area contributed by atoms with Crippen LogP contribution in [-0.4, -0.2) is 37.1 Å². The Labute approximate surface area is 113 Å². The van der Waals surface area contributed by atoms with E-state index in [-0.39, 0.29) is 5.56 Å². The lowest BCUT2D eigenvalue weighted by molar-refractivity contribution is 0.133. The van der Waals surface area contributed by atoms with Crippen LogP contribution in [0.15, 0.2) is 18.2 Å². The molecule has 0 aliphatic carbocycles. The van der Waals surface area contributed by atoms with Crippen LogP contribution >= 0.6 is 0 Å². The van der Waals surface area contributed by atoms with Crippen molar-refractivity contribution in [2.24, 2.45) is 0 Å². The minimum Gasteiger partial charge on any atom is -0.368 e. The molecule has 0 saturated carbocycles. The van der Waals surface area contributed by atoms with E-state index in [4.69, 9.17) is 5.26 Å². The number of nitriles is 1. The highest BCUT2D eigenvalue weighted by Crippen LogP contribution is 2.28. The van der Waals surface area contributed by atoms with Gasteiger partial charge in [0.1, 0.15) is 17.4 Å². The van der Waals surface area contributed by atoms with E-state index in [0.717, 1.165) is 25.3 Å².